The van der Waals surface area contributed by atoms with Gasteiger partial charge in [-0.2, -0.15) is 0 Å². The predicted octanol–water partition coefficient (Wildman–Crippen LogP) is 1.86. The minimum absolute atomic E-state index is 0.0712. The molecule has 0 aromatic heterocycles. The Bertz CT molecular complexity index is 523. The van der Waals surface area contributed by atoms with Crippen molar-refractivity contribution < 1.29 is 14.5 Å². The van der Waals surface area contributed by atoms with Crippen LogP contribution in [0.5, 0.6) is 0 Å². The minimum Gasteiger partial charge on any atom is -0.345 e. The lowest BCUT2D eigenvalue weighted by atomic mass is 10.1. The summed E-state index contributed by atoms with van der Waals surface area (Å²) in [5, 5.41) is 13.2. The van der Waals surface area contributed by atoms with E-state index in [2.05, 4.69) is 5.32 Å². The highest BCUT2D eigenvalue weighted by molar-refractivity contribution is 5.97. The van der Waals surface area contributed by atoms with Crippen LogP contribution in [0.1, 0.15) is 29.8 Å². The van der Waals surface area contributed by atoms with Crippen LogP contribution in [-0.2, 0) is 4.79 Å². The number of amides is 1. The van der Waals surface area contributed by atoms with Crippen molar-refractivity contribution in [1.82, 2.24) is 5.32 Å². The zero-order valence-corrected chi connectivity index (χ0v) is 11.1. The van der Waals surface area contributed by atoms with E-state index < -0.39 is 10.8 Å². The van der Waals surface area contributed by atoms with Gasteiger partial charge in [-0.1, -0.05) is 13.8 Å². The Morgan fingerprint density at radius 2 is 1.95 bits per heavy atom. The molecule has 6 heteroatoms. The summed E-state index contributed by atoms with van der Waals surface area (Å²) in [7, 11) is 0. The van der Waals surface area contributed by atoms with Gasteiger partial charge in [-0.15, -0.1) is 0 Å². The first-order chi connectivity index (χ1) is 8.81. The lowest BCUT2D eigenvalue weighted by Crippen LogP contribution is -2.31. The molecular formula is C13H16N2O4. The summed E-state index contributed by atoms with van der Waals surface area (Å²) >= 11 is 0. The predicted molar refractivity (Wildman–Crippen MR) is 70.0 cm³/mol. The number of carbonyl (C=O) groups is 2. The van der Waals surface area contributed by atoms with Crippen LogP contribution in [0.4, 0.5) is 5.69 Å². The van der Waals surface area contributed by atoms with Gasteiger partial charge in [-0.25, -0.2) is 0 Å². The average Bonchev–Trinajstić information content (AvgIpc) is 2.34. The van der Waals surface area contributed by atoms with Gasteiger partial charge < -0.3 is 5.32 Å². The van der Waals surface area contributed by atoms with E-state index in [0.717, 1.165) is 0 Å². The van der Waals surface area contributed by atoms with Gasteiger partial charge in [-0.05, 0) is 18.6 Å². The molecule has 19 heavy (non-hydrogen) atoms. The van der Waals surface area contributed by atoms with Crippen molar-refractivity contribution in [2.75, 3.05) is 6.54 Å². The molecule has 0 fully saturated rings. The molecule has 1 aromatic carbocycles. The van der Waals surface area contributed by atoms with Crippen molar-refractivity contribution >= 4 is 17.4 Å². The Morgan fingerprint density at radius 3 is 2.47 bits per heavy atom. The van der Waals surface area contributed by atoms with E-state index in [1.165, 1.54) is 12.1 Å². The average molecular weight is 264 g/mol. The van der Waals surface area contributed by atoms with E-state index in [0.29, 0.717) is 5.56 Å². The molecule has 102 valence electrons. The number of ketones is 1. The molecule has 6 nitrogen and oxygen atoms in total. The standard InChI is InChI=1S/C13H16N2O4/c1-8(2)12(16)7-14-13(17)10-4-9(3)5-11(6-10)15(18)19/h4-6,8H,7H2,1-3H3,(H,14,17). The largest absolute Gasteiger partial charge is 0.345 e. The van der Waals surface area contributed by atoms with E-state index in [1.54, 1.807) is 26.8 Å². The summed E-state index contributed by atoms with van der Waals surface area (Å²) in [5.74, 6) is -0.733. The van der Waals surface area contributed by atoms with Gasteiger partial charge >= 0.3 is 0 Å². The van der Waals surface area contributed by atoms with Crippen molar-refractivity contribution in [2.24, 2.45) is 5.92 Å². The molecule has 0 aliphatic heterocycles. The fraction of sp³-hybridized carbons (Fsp3) is 0.385. The number of nitrogens with one attached hydrogen (secondary N) is 1. The van der Waals surface area contributed by atoms with Crippen molar-refractivity contribution in [1.29, 1.82) is 0 Å². The summed E-state index contributed by atoms with van der Waals surface area (Å²) in [6, 6.07) is 4.13. The van der Waals surface area contributed by atoms with Crippen LogP contribution >= 0.6 is 0 Å². The Balaban J connectivity index is 2.82. The molecule has 0 aliphatic rings. The summed E-state index contributed by atoms with van der Waals surface area (Å²) < 4.78 is 0. The van der Waals surface area contributed by atoms with Crippen LogP contribution in [-0.4, -0.2) is 23.2 Å². The highest BCUT2D eigenvalue weighted by atomic mass is 16.6. The monoisotopic (exact) mass is 264 g/mol. The van der Waals surface area contributed by atoms with E-state index in [1.807, 2.05) is 0 Å². The third-order valence-electron chi connectivity index (χ3n) is 2.60. The van der Waals surface area contributed by atoms with Crippen LogP contribution in [0.2, 0.25) is 0 Å². The molecule has 0 aliphatic carbocycles. The normalized spacial score (nSPS) is 10.3. The fourth-order valence-corrected chi connectivity index (χ4v) is 1.47. The SMILES string of the molecule is Cc1cc(C(=O)NCC(=O)C(C)C)cc([N+](=O)[O-])c1. The minimum atomic E-state index is -0.553. The summed E-state index contributed by atoms with van der Waals surface area (Å²) in [5.41, 5.74) is 0.665. The maximum absolute atomic E-state index is 11.8. The Hall–Kier alpha value is -2.24. The second-order valence-corrected chi connectivity index (χ2v) is 4.62. The molecule has 0 atom stereocenters. The highest BCUT2D eigenvalue weighted by Gasteiger charge is 2.14. The lowest BCUT2D eigenvalue weighted by Gasteiger charge is -2.07. The molecule has 1 N–H and O–H groups in total. The molecule has 1 amide bonds. The lowest BCUT2D eigenvalue weighted by molar-refractivity contribution is -0.384. The van der Waals surface area contributed by atoms with E-state index in [9.17, 15) is 19.7 Å². The van der Waals surface area contributed by atoms with E-state index in [4.69, 9.17) is 0 Å². The summed E-state index contributed by atoms with van der Waals surface area (Å²) in [6.45, 7) is 5.08. The number of rotatable bonds is 5. The second-order valence-electron chi connectivity index (χ2n) is 4.62. The zero-order valence-electron chi connectivity index (χ0n) is 11.1. The number of Topliss-reactive ketones (excluding diaryl/α,β-unsaturated/α-hetero) is 1. The quantitative estimate of drug-likeness (QED) is 0.649. The number of nitrogens with zero attached hydrogens (tertiary/aromatic N) is 1. The summed E-state index contributed by atoms with van der Waals surface area (Å²) in [6.07, 6.45) is 0. The van der Waals surface area contributed by atoms with Gasteiger partial charge in [0.2, 0.25) is 0 Å². The van der Waals surface area contributed by atoms with Crippen LogP contribution < -0.4 is 5.32 Å². The number of carbonyl (C=O) groups excluding carboxylic acids is 2. The number of aryl methyl sites for hydroxylation is 1. The van der Waals surface area contributed by atoms with Gasteiger partial charge in [0.15, 0.2) is 5.78 Å². The first kappa shape index (κ1) is 14.8. The molecule has 0 spiro atoms. The van der Waals surface area contributed by atoms with Crippen LogP contribution in [0, 0.1) is 23.0 Å². The maximum Gasteiger partial charge on any atom is 0.270 e. The number of nitro benzene ring substituents is 1. The number of hydrogen-bond donors (Lipinski definition) is 1. The van der Waals surface area contributed by atoms with Crippen molar-refractivity contribution in [3.8, 4) is 0 Å². The molecule has 0 heterocycles. The van der Waals surface area contributed by atoms with Crippen molar-refractivity contribution in [3.05, 3.63) is 39.4 Å². The fourth-order valence-electron chi connectivity index (χ4n) is 1.47. The number of non-ortho nitro benzene ring substituents is 1. The Morgan fingerprint density at radius 1 is 1.32 bits per heavy atom. The number of hydrogen-bond acceptors (Lipinski definition) is 4. The van der Waals surface area contributed by atoms with Gasteiger partial charge in [-0.3, -0.25) is 19.7 Å². The van der Waals surface area contributed by atoms with Crippen molar-refractivity contribution in [2.45, 2.75) is 20.8 Å². The summed E-state index contributed by atoms with van der Waals surface area (Å²) in [4.78, 5) is 33.4. The highest BCUT2D eigenvalue weighted by Crippen LogP contribution is 2.16. The first-order valence-electron chi connectivity index (χ1n) is 5.88. The molecule has 0 saturated carbocycles. The second kappa shape index (κ2) is 6.08. The van der Waals surface area contributed by atoms with Crippen LogP contribution in [0.15, 0.2) is 18.2 Å². The molecule has 1 aromatic rings. The number of benzene rings is 1. The van der Waals surface area contributed by atoms with Gasteiger partial charge in [0.1, 0.15) is 0 Å². The molecule has 0 bridgehead atoms. The van der Waals surface area contributed by atoms with Gasteiger partial charge in [0, 0.05) is 23.6 Å². The molecular weight excluding hydrogens is 248 g/mol. The Labute approximate surface area is 111 Å². The van der Waals surface area contributed by atoms with Crippen LogP contribution in [0.3, 0.4) is 0 Å². The topological polar surface area (TPSA) is 89.3 Å². The van der Waals surface area contributed by atoms with E-state index >= 15 is 0 Å². The van der Waals surface area contributed by atoms with Gasteiger partial charge in [0.25, 0.3) is 11.6 Å². The molecule has 0 radical (unpaired) electrons. The van der Waals surface area contributed by atoms with E-state index in [-0.39, 0.29) is 29.5 Å². The smallest absolute Gasteiger partial charge is 0.270 e. The molecule has 0 saturated heterocycles. The third-order valence-corrected chi connectivity index (χ3v) is 2.60. The van der Waals surface area contributed by atoms with Crippen LogP contribution in [0.25, 0.3) is 0 Å². The Kier molecular flexibility index (Phi) is 4.74. The van der Waals surface area contributed by atoms with Gasteiger partial charge in [0.05, 0.1) is 11.5 Å². The molecule has 1 rings (SSSR count). The molecule has 0 unspecified atom stereocenters. The van der Waals surface area contributed by atoms with Crippen molar-refractivity contribution in [3.63, 3.8) is 0 Å². The third kappa shape index (κ3) is 4.17. The zero-order chi connectivity index (χ0) is 14.6. The first-order valence-corrected chi connectivity index (χ1v) is 5.88. The number of nitro groups is 1. The maximum atomic E-state index is 11.8.